The number of hydrogen-bond donors (Lipinski definition) is 2. The molecule has 0 heterocycles. The first-order valence-electron chi connectivity index (χ1n) is 5.10. The molecule has 1 saturated carbocycles. The number of aliphatic hydroxyl groups is 1. The third kappa shape index (κ3) is 1.95. The number of rotatable bonds is 3. The van der Waals surface area contributed by atoms with Crippen LogP contribution in [0.2, 0.25) is 0 Å². The third-order valence-corrected chi connectivity index (χ3v) is 2.81. The number of benzene rings is 1. The van der Waals surface area contributed by atoms with E-state index in [-0.39, 0.29) is 11.5 Å². The molecule has 0 atom stereocenters. The minimum absolute atomic E-state index is 0.0548. The van der Waals surface area contributed by atoms with Crippen molar-refractivity contribution in [2.75, 3.05) is 7.11 Å². The first-order chi connectivity index (χ1) is 7.58. The van der Waals surface area contributed by atoms with Crippen LogP contribution >= 0.6 is 0 Å². The lowest BCUT2D eigenvalue weighted by Crippen LogP contribution is -2.10. The molecule has 4 nitrogen and oxygen atoms in total. The summed E-state index contributed by atoms with van der Waals surface area (Å²) in [5.41, 5.74) is 0.421. The Labute approximate surface area is 93.7 Å². The van der Waals surface area contributed by atoms with Gasteiger partial charge >= 0.3 is 0 Å². The van der Waals surface area contributed by atoms with E-state index in [0.29, 0.717) is 12.0 Å². The molecule has 0 aromatic heterocycles. The maximum absolute atomic E-state index is 9.77. The van der Waals surface area contributed by atoms with Crippen molar-refractivity contribution in [2.24, 2.45) is 0 Å². The molecule has 4 heteroatoms. The molecule has 84 valence electrons. The standard InChI is InChI=1S/C12H13NO3/c1-16-11-9(7-13)4-8(5-10(11)14)6-12(15)2-3-12/h4-5,14-15H,2-3,6H2,1H3. The smallest absolute Gasteiger partial charge is 0.178 e. The molecule has 0 amide bonds. The predicted octanol–water partition coefficient (Wildman–Crippen LogP) is 1.34. The number of hydrogen-bond acceptors (Lipinski definition) is 4. The summed E-state index contributed by atoms with van der Waals surface area (Å²) in [5.74, 6) is 0.134. The highest BCUT2D eigenvalue weighted by Crippen LogP contribution is 2.40. The minimum Gasteiger partial charge on any atom is -0.504 e. The third-order valence-electron chi connectivity index (χ3n) is 2.81. The van der Waals surface area contributed by atoms with Crippen LogP contribution in [0.5, 0.6) is 11.5 Å². The first-order valence-corrected chi connectivity index (χ1v) is 5.10. The van der Waals surface area contributed by atoms with Crippen molar-refractivity contribution in [3.05, 3.63) is 23.3 Å². The Kier molecular flexibility index (Phi) is 2.49. The topological polar surface area (TPSA) is 73.5 Å². The molecular weight excluding hydrogens is 206 g/mol. The second-order valence-corrected chi connectivity index (χ2v) is 4.21. The van der Waals surface area contributed by atoms with Crippen molar-refractivity contribution < 1.29 is 14.9 Å². The molecule has 0 saturated heterocycles. The molecular formula is C12H13NO3. The van der Waals surface area contributed by atoms with Gasteiger partial charge in [-0.25, -0.2) is 0 Å². The van der Waals surface area contributed by atoms with Gasteiger partial charge < -0.3 is 14.9 Å². The Balaban J connectivity index is 2.34. The van der Waals surface area contributed by atoms with E-state index >= 15 is 0 Å². The fraction of sp³-hybridized carbons (Fsp3) is 0.417. The Morgan fingerprint density at radius 1 is 1.50 bits per heavy atom. The van der Waals surface area contributed by atoms with Crippen LogP contribution in [-0.4, -0.2) is 22.9 Å². The second-order valence-electron chi connectivity index (χ2n) is 4.21. The van der Waals surface area contributed by atoms with Crippen molar-refractivity contribution >= 4 is 0 Å². The summed E-state index contributed by atoms with van der Waals surface area (Å²) in [6.07, 6.45) is 2.03. The summed E-state index contributed by atoms with van der Waals surface area (Å²) in [7, 11) is 1.41. The van der Waals surface area contributed by atoms with Crippen LogP contribution in [0.15, 0.2) is 12.1 Å². The van der Waals surface area contributed by atoms with Crippen LogP contribution in [0.4, 0.5) is 0 Å². The summed E-state index contributed by atoms with van der Waals surface area (Å²) < 4.78 is 4.93. The van der Waals surface area contributed by atoms with E-state index in [2.05, 4.69) is 0 Å². The summed E-state index contributed by atoms with van der Waals surface area (Å²) in [6.45, 7) is 0. The van der Waals surface area contributed by atoms with E-state index in [1.54, 1.807) is 6.07 Å². The van der Waals surface area contributed by atoms with Crippen molar-refractivity contribution in [2.45, 2.75) is 24.9 Å². The van der Waals surface area contributed by atoms with Crippen LogP contribution in [0.3, 0.4) is 0 Å². The maximum atomic E-state index is 9.77. The van der Waals surface area contributed by atoms with Crippen LogP contribution in [0, 0.1) is 11.3 Å². The molecule has 2 rings (SSSR count). The van der Waals surface area contributed by atoms with Crippen LogP contribution in [-0.2, 0) is 6.42 Å². The van der Waals surface area contributed by atoms with Gasteiger partial charge in [-0.2, -0.15) is 5.26 Å². The van der Waals surface area contributed by atoms with Gasteiger partial charge in [-0.1, -0.05) is 0 Å². The highest BCUT2D eigenvalue weighted by molar-refractivity contribution is 5.54. The number of aromatic hydroxyl groups is 1. The second kappa shape index (κ2) is 3.69. The van der Waals surface area contributed by atoms with Crippen LogP contribution in [0.25, 0.3) is 0 Å². The Hall–Kier alpha value is -1.73. The zero-order valence-electron chi connectivity index (χ0n) is 9.03. The molecule has 0 unspecified atom stereocenters. The van der Waals surface area contributed by atoms with E-state index in [1.165, 1.54) is 13.2 Å². The van der Waals surface area contributed by atoms with Gasteiger partial charge in [0.05, 0.1) is 18.3 Å². The monoisotopic (exact) mass is 219 g/mol. The van der Waals surface area contributed by atoms with Gasteiger partial charge in [-0.05, 0) is 30.5 Å². The summed E-state index contributed by atoms with van der Waals surface area (Å²) in [6, 6.07) is 5.15. The molecule has 1 aromatic carbocycles. The normalized spacial score (nSPS) is 16.6. The van der Waals surface area contributed by atoms with Gasteiger partial charge in [0.15, 0.2) is 11.5 Å². The van der Waals surface area contributed by atoms with Gasteiger partial charge in [0.2, 0.25) is 0 Å². The molecule has 0 aliphatic heterocycles. The first kappa shape index (κ1) is 10.8. The number of phenols is 1. The lowest BCUT2D eigenvalue weighted by atomic mass is 10.0. The van der Waals surface area contributed by atoms with E-state index in [0.717, 1.165) is 18.4 Å². The number of nitrogens with zero attached hydrogens (tertiary/aromatic N) is 1. The molecule has 1 fully saturated rings. The van der Waals surface area contributed by atoms with Crippen molar-refractivity contribution in [3.8, 4) is 17.6 Å². The molecule has 0 bridgehead atoms. The van der Waals surface area contributed by atoms with Crippen LogP contribution in [0.1, 0.15) is 24.0 Å². The number of phenolic OH excluding ortho intramolecular Hbond substituents is 1. The molecule has 16 heavy (non-hydrogen) atoms. The average Bonchev–Trinajstić information content (AvgIpc) is 2.95. The van der Waals surface area contributed by atoms with Crippen molar-refractivity contribution in [1.29, 1.82) is 5.26 Å². The van der Waals surface area contributed by atoms with Gasteiger partial charge in [-0.15, -0.1) is 0 Å². The van der Waals surface area contributed by atoms with E-state index in [4.69, 9.17) is 10.00 Å². The largest absolute Gasteiger partial charge is 0.504 e. The fourth-order valence-corrected chi connectivity index (χ4v) is 1.77. The summed E-state index contributed by atoms with van der Waals surface area (Å²) in [5, 5.41) is 28.3. The van der Waals surface area contributed by atoms with Crippen molar-refractivity contribution in [3.63, 3.8) is 0 Å². The van der Waals surface area contributed by atoms with Gasteiger partial charge in [-0.3, -0.25) is 0 Å². The van der Waals surface area contributed by atoms with E-state index in [1.807, 2.05) is 6.07 Å². The Morgan fingerprint density at radius 2 is 2.19 bits per heavy atom. The molecule has 1 aliphatic rings. The summed E-state index contributed by atoms with van der Waals surface area (Å²) >= 11 is 0. The highest BCUT2D eigenvalue weighted by atomic mass is 16.5. The molecule has 0 spiro atoms. The zero-order valence-corrected chi connectivity index (χ0v) is 9.03. The van der Waals surface area contributed by atoms with Gasteiger partial charge in [0, 0.05) is 6.42 Å². The maximum Gasteiger partial charge on any atom is 0.178 e. The number of nitriles is 1. The average molecular weight is 219 g/mol. The van der Waals surface area contributed by atoms with Gasteiger partial charge in [0.1, 0.15) is 6.07 Å². The molecule has 1 aliphatic carbocycles. The molecule has 1 aromatic rings. The Morgan fingerprint density at radius 3 is 2.69 bits per heavy atom. The SMILES string of the molecule is COc1c(O)cc(CC2(O)CC2)cc1C#N. The quantitative estimate of drug-likeness (QED) is 0.804. The predicted molar refractivity (Wildman–Crippen MR) is 57.3 cm³/mol. The highest BCUT2D eigenvalue weighted by Gasteiger charge is 2.40. The van der Waals surface area contributed by atoms with Gasteiger partial charge in [0.25, 0.3) is 0 Å². The van der Waals surface area contributed by atoms with Crippen molar-refractivity contribution in [1.82, 2.24) is 0 Å². The minimum atomic E-state index is -0.631. The van der Waals surface area contributed by atoms with E-state index < -0.39 is 5.60 Å². The lowest BCUT2D eigenvalue weighted by molar-refractivity contribution is 0.151. The summed E-state index contributed by atoms with van der Waals surface area (Å²) in [4.78, 5) is 0. The molecule has 0 radical (unpaired) electrons. The van der Waals surface area contributed by atoms with E-state index in [9.17, 15) is 10.2 Å². The molecule has 2 N–H and O–H groups in total. The Bertz CT molecular complexity index is 458. The fourth-order valence-electron chi connectivity index (χ4n) is 1.77. The number of ether oxygens (including phenoxy) is 1. The lowest BCUT2D eigenvalue weighted by Gasteiger charge is -2.11. The number of methoxy groups -OCH3 is 1. The zero-order chi connectivity index (χ0) is 11.8. The van der Waals surface area contributed by atoms with Crippen LogP contribution < -0.4 is 4.74 Å².